The molecule has 28 heavy (non-hydrogen) atoms. The molecule has 0 bridgehead atoms. The summed E-state index contributed by atoms with van der Waals surface area (Å²) in [5.41, 5.74) is 1.99. The van der Waals surface area contributed by atoms with E-state index in [0.717, 1.165) is 12.0 Å². The quantitative estimate of drug-likeness (QED) is 0.804. The summed E-state index contributed by atoms with van der Waals surface area (Å²) < 4.78 is 20.0. The summed E-state index contributed by atoms with van der Waals surface area (Å²) in [6.07, 6.45) is 1.28. The van der Waals surface area contributed by atoms with Gasteiger partial charge in [0.05, 0.1) is 30.5 Å². The molecule has 2 fully saturated rings. The number of nitrogens with zero attached hydrogens (tertiary/aromatic N) is 3. The molecule has 2 aliphatic heterocycles. The average Bonchev–Trinajstić information content (AvgIpc) is 3.02. The zero-order chi connectivity index (χ0) is 20.3. The Morgan fingerprint density at radius 1 is 1.46 bits per heavy atom. The molecule has 0 spiro atoms. The summed E-state index contributed by atoms with van der Waals surface area (Å²) in [6.45, 7) is 5.16. The number of nitriles is 1. The standard InChI is InChI=1S/C20H23FN4O3/c1-13-11-24(8-6-15(13)5-7-22)19-4-3-16(9-18(19)21)25-12-17(28-20(25)27)10-23-14(2)26/h3-5,9,13,17H,6,8,10-12H2,1-2H3,(H,23,26)/b15-5-. The van der Waals surface area contributed by atoms with Crippen LogP contribution in [0.5, 0.6) is 0 Å². The Kier molecular flexibility index (Phi) is 5.83. The van der Waals surface area contributed by atoms with Gasteiger partial charge in [0.15, 0.2) is 0 Å². The van der Waals surface area contributed by atoms with Crippen molar-refractivity contribution in [2.75, 3.05) is 36.0 Å². The van der Waals surface area contributed by atoms with Crippen LogP contribution < -0.4 is 15.1 Å². The van der Waals surface area contributed by atoms with Crippen molar-refractivity contribution in [1.29, 1.82) is 5.26 Å². The van der Waals surface area contributed by atoms with Crippen LogP contribution in [0.1, 0.15) is 20.3 Å². The second-order valence-corrected chi connectivity index (χ2v) is 7.13. The van der Waals surface area contributed by atoms with Crippen LogP contribution in [0.15, 0.2) is 29.8 Å². The van der Waals surface area contributed by atoms with Crippen LogP contribution in [0.2, 0.25) is 0 Å². The van der Waals surface area contributed by atoms with Gasteiger partial charge in [-0.25, -0.2) is 9.18 Å². The molecule has 1 aromatic carbocycles. The van der Waals surface area contributed by atoms with Gasteiger partial charge in [0.1, 0.15) is 11.9 Å². The highest BCUT2D eigenvalue weighted by molar-refractivity contribution is 5.90. The lowest BCUT2D eigenvalue weighted by atomic mass is 9.92. The normalized spacial score (nSPS) is 23.5. The molecule has 3 rings (SSSR count). The third-order valence-electron chi connectivity index (χ3n) is 5.08. The molecule has 1 aromatic rings. The maximum atomic E-state index is 14.8. The lowest BCUT2D eigenvalue weighted by Crippen LogP contribution is -2.36. The molecule has 7 nitrogen and oxygen atoms in total. The summed E-state index contributed by atoms with van der Waals surface area (Å²) >= 11 is 0. The summed E-state index contributed by atoms with van der Waals surface area (Å²) in [4.78, 5) is 26.4. The number of halogens is 1. The third kappa shape index (κ3) is 4.25. The highest BCUT2D eigenvalue weighted by Crippen LogP contribution is 2.31. The van der Waals surface area contributed by atoms with E-state index in [1.165, 1.54) is 17.9 Å². The highest BCUT2D eigenvalue weighted by atomic mass is 19.1. The van der Waals surface area contributed by atoms with Crippen LogP contribution >= 0.6 is 0 Å². The third-order valence-corrected chi connectivity index (χ3v) is 5.08. The number of piperidine rings is 1. The van der Waals surface area contributed by atoms with Gasteiger partial charge in [-0.1, -0.05) is 12.5 Å². The minimum atomic E-state index is -0.555. The molecule has 2 heterocycles. The Labute approximate surface area is 163 Å². The van der Waals surface area contributed by atoms with E-state index in [1.54, 1.807) is 18.2 Å². The molecule has 0 saturated carbocycles. The lowest BCUT2D eigenvalue weighted by molar-refractivity contribution is -0.119. The summed E-state index contributed by atoms with van der Waals surface area (Å²) in [5, 5.41) is 11.4. The van der Waals surface area contributed by atoms with Gasteiger partial charge < -0.3 is 15.0 Å². The predicted octanol–water partition coefficient (Wildman–Crippen LogP) is 2.58. The van der Waals surface area contributed by atoms with Gasteiger partial charge in [-0.3, -0.25) is 9.69 Å². The fourth-order valence-electron chi connectivity index (χ4n) is 3.58. The number of hydrogen-bond donors (Lipinski definition) is 1. The van der Waals surface area contributed by atoms with Gasteiger partial charge in [0.25, 0.3) is 0 Å². The first-order chi connectivity index (χ1) is 13.4. The molecule has 0 aromatic heterocycles. The first kappa shape index (κ1) is 19.7. The van der Waals surface area contributed by atoms with E-state index in [-0.39, 0.29) is 24.9 Å². The van der Waals surface area contributed by atoms with Crippen LogP contribution in [0, 0.1) is 23.1 Å². The van der Waals surface area contributed by atoms with Crippen molar-refractivity contribution in [3.63, 3.8) is 0 Å². The van der Waals surface area contributed by atoms with Crippen LogP contribution in [-0.2, 0) is 9.53 Å². The van der Waals surface area contributed by atoms with Crippen LogP contribution in [0.4, 0.5) is 20.6 Å². The Morgan fingerprint density at radius 3 is 2.89 bits per heavy atom. The number of cyclic esters (lactones) is 1. The Bertz CT molecular complexity index is 848. The number of ether oxygens (including phenoxy) is 1. The predicted molar refractivity (Wildman–Crippen MR) is 102 cm³/mol. The SMILES string of the molecule is CC(=O)NCC1CN(c2ccc(N3CC/C(=C/C#N)C(C)C3)c(F)c2)C(=O)O1. The van der Waals surface area contributed by atoms with E-state index in [4.69, 9.17) is 10.00 Å². The topological polar surface area (TPSA) is 85.7 Å². The molecule has 1 N–H and O–H groups in total. The maximum Gasteiger partial charge on any atom is 0.414 e. The largest absolute Gasteiger partial charge is 0.442 e. The molecule has 2 atom stereocenters. The zero-order valence-electron chi connectivity index (χ0n) is 15.9. The van der Waals surface area contributed by atoms with Gasteiger partial charge in [-0.05, 0) is 30.5 Å². The van der Waals surface area contributed by atoms with Crippen molar-refractivity contribution in [2.45, 2.75) is 26.4 Å². The van der Waals surface area contributed by atoms with Crippen LogP contribution in [0.25, 0.3) is 0 Å². The van der Waals surface area contributed by atoms with Crippen molar-refractivity contribution < 1.29 is 18.7 Å². The summed E-state index contributed by atoms with van der Waals surface area (Å²) in [7, 11) is 0. The Hall–Kier alpha value is -3.08. The highest BCUT2D eigenvalue weighted by Gasteiger charge is 2.33. The molecular weight excluding hydrogens is 363 g/mol. The molecule has 2 amide bonds. The summed E-state index contributed by atoms with van der Waals surface area (Å²) in [6, 6.07) is 6.78. The molecule has 2 unspecified atom stereocenters. The second-order valence-electron chi connectivity index (χ2n) is 7.13. The number of hydrogen-bond acceptors (Lipinski definition) is 5. The second kappa shape index (κ2) is 8.30. The smallest absolute Gasteiger partial charge is 0.414 e. The number of amides is 2. The van der Waals surface area contributed by atoms with E-state index < -0.39 is 18.0 Å². The maximum absolute atomic E-state index is 14.8. The van der Waals surface area contributed by atoms with Crippen molar-refractivity contribution in [3.05, 3.63) is 35.7 Å². The number of allylic oxidation sites excluding steroid dienone is 1. The summed E-state index contributed by atoms with van der Waals surface area (Å²) in [5.74, 6) is -0.431. The molecule has 2 saturated heterocycles. The van der Waals surface area contributed by atoms with Crippen molar-refractivity contribution >= 4 is 23.4 Å². The number of anilines is 2. The van der Waals surface area contributed by atoms with Crippen molar-refractivity contribution in [2.24, 2.45) is 5.92 Å². The van der Waals surface area contributed by atoms with E-state index in [1.807, 2.05) is 11.8 Å². The first-order valence-corrected chi connectivity index (χ1v) is 9.24. The first-order valence-electron chi connectivity index (χ1n) is 9.24. The van der Waals surface area contributed by atoms with E-state index in [9.17, 15) is 14.0 Å². The minimum absolute atomic E-state index is 0.176. The van der Waals surface area contributed by atoms with Gasteiger partial charge in [-0.2, -0.15) is 5.26 Å². The number of benzene rings is 1. The molecular formula is C20H23FN4O3. The lowest BCUT2D eigenvalue weighted by Gasteiger charge is -2.34. The van der Waals surface area contributed by atoms with Crippen molar-refractivity contribution in [1.82, 2.24) is 5.32 Å². The van der Waals surface area contributed by atoms with Crippen LogP contribution in [-0.4, -0.2) is 44.3 Å². The Morgan fingerprint density at radius 2 is 2.25 bits per heavy atom. The van der Waals surface area contributed by atoms with Gasteiger partial charge in [0, 0.05) is 26.1 Å². The number of nitrogens with one attached hydrogen (secondary N) is 1. The molecule has 0 radical (unpaired) electrons. The van der Waals surface area contributed by atoms with E-state index in [2.05, 4.69) is 11.4 Å². The fraction of sp³-hybridized carbons (Fsp3) is 0.450. The average molecular weight is 386 g/mol. The van der Waals surface area contributed by atoms with Gasteiger partial charge in [-0.15, -0.1) is 0 Å². The van der Waals surface area contributed by atoms with E-state index in [0.29, 0.717) is 24.5 Å². The number of carbonyl (C=O) groups excluding carboxylic acids is 2. The molecule has 148 valence electrons. The molecule has 2 aliphatic rings. The monoisotopic (exact) mass is 386 g/mol. The molecule has 0 aliphatic carbocycles. The van der Waals surface area contributed by atoms with E-state index >= 15 is 0 Å². The zero-order valence-corrected chi connectivity index (χ0v) is 15.9. The fourth-order valence-corrected chi connectivity index (χ4v) is 3.58. The van der Waals surface area contributed by atoms with Crippen LogP contribution in [0.3, 0.4) is 0 Å². The van der Waals surface area contributed by atoms with Crippen molar-refractivity contribution in [3.8, 4) is 6.07 Å². The number of rotatable bonds is 4. The minimum Gasteiger partial charge on any atom is -0.442 e. The van der Waals surface area contributed by atoms with Gasteiger partial charge >= 0.3 is 6.09 Å². The number of carbonyl (C=O) groups is 2. The molecule has 8 heteroatoms. The Balaban J connectivity index is 1.69. The van der Waals surface area contributed by atoms with Gasteiger partial charge in [0.2, 0.25) is 5.91 Å².